The van der Waals surface area contributed by atoms with Crippen molar-refractivity contribution in [2.45, 2.75) is 13.3 Å². The van der Waals surface area contributed by atoms with E-state index in [4.69, 9.17) is 23.2 Å². The normalized spacial score (nSPS) is 13.9. The maximum Gasteiger partial charge on any atom is 0.287 e. The maximum atomic E-state index is 12.9. The quantitative estimate of drug-likeness (QED) is 0.367. The van der Waals surface area contributed by atoms with Crippen LogP contribution in [0.5, 0.6) is 0 Å². The lowest BCUT2D eigenvalue weighted by molar-refractivity contribution is -0.382. The van der Waals surface area contributed by atoms with Crippen molar-refractivity contribution in [3.63, 3.8) is 0 Å². The molecule has 3 aromatic rings. The molecule has 2 amide bonds. The molecule has 33 heavy (non-hydrogen) atoms. The molecule has 1 N–H and O–H groups in total. The van der Waals surface area contributed by atoms with Crippen LogP contribution in [0.2, 0.25) is 10.0 Å². The minimum Gasteiger partial charge on any atom is -0.367 e. The Hall–Kier alpha value is -2.88. The Balaban J connectivity index is 1.50. The summed E-state index contributed by atoms with van der Waals surface area (Å²) in [4.78, 5) is 39.7. The molecule has 0 saturated carbocycles. The molecule has 0 radical (unpaired) electrons. The highest BCUT2D eigenvalue weighted by Crippen LogP contribution is 2.40. The van der Waals surface area contributed by atoms with Gasteiger partial charge in [-0.1, -0.05) is 42.3 Å². The number of amides is 2. The molecule has 1 fully saturated rings. The van der Waals surface area contributed by atoms with Crippen molar-refractivity contribution in [1.82, 2.24) is 4.90 Å². The van der Waals surface area contributed by atoms with Gasteiger partial charge in [0.05, 0.1) is 20.7 Å². The van der Waals surface area contributed by atoms with Crippen molar-refractivity contribution in [2.75, 3.05) is 36.4 Å². The largest absolute Gasteiger partial charge is 0.367 e. The average Bonchev–Trinajstić information content (AvgIpc) is 3.15. The number of thiophene rings is 1. The van der Waals surface area contributed by atoms with E-state index in [1.807, 2.05) is 17.9 Å². The van der Waals surface area contributed by atoms with Gasteiger partial charge in [-0.25, -0.2) is 0 Å². The van der Waals surface area contributed by atoms with Gasteiger partial charge in [-0.05, 0) is 18.2 Å². The number of piperazine rings is 1. The first-order valence-corrected chi connectivity index (χ1v) is 11.9. The van der Waals surface area contributed by atoms with E-state index in [0.717, 1.165) is 17.0 Å². The van der Waals surface area contributed by atoms with Crippen LogP contribution in [0, 0.1) is 10.1 Å². The van der Waals surface area contributed by atoms with E-state index in [9.17, 15) is 19.7 Å². The lowest BCUT2D eigenvalue weighted by atomic mass is 10.2. The van der Waals surface area contributed by atoms with Gasteiger partial charge in [0.15, 0.2) is 0 Å². The molecule has 11 heteroatoms. The van der Waals surface area contributed by atoms with Gasteiger partial charge in [-0.15, -0.1) is 11.3 Å². The number of carbonyl (C=O) groups is 2. The summed E-state index contributed by atoms with van der Waals surface area (Å²) in [6.07, 6.45) is 0.492. The molecular formula is C22H20Cl2N4O4S. The van der Waals surface area contributed by atoms with Gasteiger partial charge >= 0.3 is 0 Å². The summed E-state index contributed by atoms with van der Waals surface area (Å²) in [6.45, 7) is 4.47. The van der Waals surface area contributed by atoms with Gasteiger partial charge < -0.3 is 15.1 Å². The van der Waals surface area contributed by atoms with Gasteiger partial charge in [0, 0.05) is 49.7 Å². The van der Waals surface area contributed by atoms with E-state index >= 15 is 0 Å². The Kier molecular flexibility index (Phi) is 6.73. The number of hydrogen-bond donors (Lipinski definition) is 1. The number of non-ortho nitro benzene ring substituents is 1. The fourth-order valence-electron chi connectivity index (χ4n) is 3.81. The van der Waals surface area contributed by atoms with E-state index in [1.54, 1.807) is 18.2 Å². The van der Waals surface area contributed by atoms with Gasteiger partial charge in [0.25, 0.3) is 11.6 Å². The molecule has 0 aliphatic carbocycles. The van der Waals surface area contributed by atoms with Crippen molar-refractivity contribution >= 4 is 73.5 Å². The second-order valence-corrected chi connectivity index (χ2v) is 9.30. The SMILES string of the molecule is CCC(=O)N1CCN(c2ccc(NC(=O)c3sc4c([N+](=O)[O-])cccc4c3Cl)cc2Cl)CC1. The molecule has 0 unspecified atom stereocenters. The number of halogens is 2. The molecule has 1 saturated heterocycles. The molecule has 8 nitrogen and oxygen atoms in total. The summed E-state index contributed by atoms with van der Waals surface area (Å²) in [7, 11) is 0. The zero-order valence-corrected chi connectivity index (χ0v) is 20.0. The summed E-state index contributed by atoms with van der Waals surface area (Å²) in [5.41, 5.74) is 1.22. The predicted octanol–water partition coefficient (Wildman–Crippen LogP) is 5.43. The zero-order valence-electron chi connectivity index (χ0n) is 17.6. The first-order chi connectivity index (χ1) is 15.8. The molecule has 1 aliphatic rings. The fourth-order valence-corrected chi connectivity index (χ4v) is 5.60. The Morgan fingerprint density at radius 3 is 2.52 bits per heavy atom. The number of rotatable bonds is 5. The first kappa shape index (κ1) is 23.3. The van der Waals surface area contributed by atoms with Crippen molar-refractivity contribution in [3.8, 4) is 0 Å². The summed E-state index contributed by atoms with van der Waals surface area (Å²) >= 11 is 13.8. The summed E-state index contributed by atoms with van der Waals surface area (Å²) < 4.78 is 0.353. The number of nitro groups is 1. The molecule has 172 valence electrons. The molecule has 1 aromatic heterocycles. The highest BCUT2D eigenvalue weighted by atomic mass is 35.5. The summed E-state index contributed by atoms with van der Waals surface area (Å²) in [5, 5.41) is 15.2. The minimum absolute atomic E-state index is 0.0911. The van der Waals surface area contributed by atoms with Crippen molar-refractivity contribution in [1.29, 1.82) is 0 Å². The van der Waals surface area contributed by atoms with Gasteiger partial charge in [-0.3, -0.25) is 19.7 Å². The highest BCUT2D eigenvalue weighted by molar-refractivity contribution is 7.22. The van der Waals surface area contributed by atoms with Crippen molar-refractivity contribution in [2.24, 2.45) is 0 Å². The van der Waals surface area contributed by atoms with Crippen molar-refractivity contribution in [3.05, 3.63) is 61.4 Å². The minimum atomic E-state index is -0.493. The molecule has 2 heterocycles. The average molecular weight is 507 g/mol. The second kappa shape index (κ2) is 9.54. The number of nitrogens with zero attached hydrogens (tertiary/aromatic N) is 3. The molecule has 0 spiro atoms. The standard InChI is InChI=1S/C22H20Cl2N4O4S/c1-2-18(29)27-10-8-26(9-11-27)16-7-6-13(12-15(16)23)25-22(30)21-19(24)14-4-3-5-17(28(31)32)20(14)33-21/h3-7,12H,2,8-11H2,1H3,(H,25,30). The maximum absolute atomic E-state index is 12.9. The van der Waals surface area contributed by atoms with Crippen LogP contribution in [0.4, 0.5) is 17.1 Å². The Morgan fingerprint density at radius 1 is 1.15 bits per heavy atom. The molecule has 4 rings (SSSR count). The Morgan fingerprint density at radius 2 is 1.88 bits per heavy atom. The summed E-state index contributed by atoms with van der Waals surface area (Å²) in [6, 6.07) is 9.79. The van der Waals surface area contributed by atoms with Crippen LogP contribution in [0.15, 0.2) is 36.4 Å². The number of nitrogens with one attached hydrogen (secondary N) is 1. The topological polar surface area (TPSA) is 95.8 Å². The van der Waals surface area contributed by atoms with Crippen LogP contribution >= 0.6 is 34.5 Å². The van der Waals surface area contributed by atoms with Gasteiger partial charge in [0.2, 0.25) is 5.91 Å². The number of fused-ring (bicyclic) bond motifs is 1. The summed E-state index contributed by atoms with van der Waals surface area (Å²) in [5.74, 6) is -0.324. The molecule has 0 bridgehead atoms. The smallest absolute Gasteiger partial charge is 0.287 e. The van der Waals surface area contributed by atoms with E-state index < -0.39 is 10.8 Å². The monoisotopic (exact) mass is 506 g/mol. The van der Waals surface area contributed by atoms with E-state index in [2.05, 4.69) is 10.2 Å². The lowest BCUT2D eigenvalue weighted by Crippen LogP contribution is -2.48. The third kappa shape index (κ3) is 4.62. The molecule has 2 aromatic carbocycles. The van der Waals surface area contributed by atoms with Crippen molar-refractivity contribution < 1.29 is 14.5 Å². The van der Waals surface area contributed by atoms with E-state index in [0.29, 0.717) is 53.4 Å². The number of anilines is 2. The van der Waals surface area contributed by atoms with Gasteiger partial charge in [-0.2, -0.15) is 0 Å². The second-order valence-electron chi connectivity index (χ2n) is 7.50. The molecule has 1 aliphatic heterocycles. The molecule has 0 atom stereocenters. The lowest BCUT2D eigenvalue weighted by Gasteiger charge is -2.36. The van der Waals surface area contributed by atoms with Gasteiger partial charge in [0.1, 0.15) is 9.58 Å². The Labute approximate surface area is 203 Å². The zero-order chi connectivity index (χ0) is 23.7. The van der Waals surface area contributed by atoms with Crippen LogP contribution in [-0.4, -0.2) is 47.8 Å². The first-order valence-electron chi connectivity index (χ1n) is 10.3. The predicted molar refractivity (Wildman–Crippen MR) is 132 cm³/mol. The third-order valence-corrected chi connectivity index (χ3v) is 7.55. The van der Waals surface area contributed by atoms with Crippen LogP contribution in [-0.2, 0) is 4.79 Å². The molecular weight excluding hydrogens is 487 g/mol. The number of nitro benzene ring substituents is 1. The number of benzene rings is 2. The number of hydrogen-bond acceptors (Lipinski definition) is 6. The van der Waals surface area contributed by atoms with Crippen LogP contribution < -0.4 is 10.2 Å². The van der Waals surface area contributed by atoms with E-state index in [-0.39, 0.29) is 21.5 Å². The third-order valence-electron chi connectivity index (χ3n) is 5.52. The van der Waals surface area contributed by atoms with Crippen LogP contribution in [0.3, 0.4) is 0 Å². The van der Waals surface area contributed by atoms with E-state index in [1.165, 1.54) is 12.1 Å². The fraction of sp³-hybridized carbons (Fsp3) is 0.273. The van der Waals surface area contributed by atoms with Crippen LogP contribution in [0.1, 0.15) is 23.0 Å². The Bertz CT molecular complexity index is 1250. The number of carbonyl (C=O) groups excluding carboxylic acids is 2. The van der Waals surface area contributed by atoms with Crippen LogP contribution in [0.25, 0.3) is 10.1 Å². The highest BCUT2D eigenvalue weighted by Gasteiger charge is 2.24.